The van der Waals surface area contributed by atoms with Crippen LogP contribution in [0.2, 0.25) is 0 Å². The van der Waals surface area contributed by atoms with Crippen LogP contribution in [0.5, 0.6) is 0 Å². The quantitative estimate of drug-likeness (QED) is 0.767. The molecule has 1 fully saturated rings. The number of rotatable bonds is 2. The minimum absolute atomic E-state index is 0.0513. The van der Waals surface area contributed by atoms with Crippen LogP contribution < -0.4 is 5.32 Å². The maximum absolute atomic E-state index is 13.6. The molecule has 0 spiro atoms. The van der Waals surface area contributed by atoms with E-state index in [0.29, 0.717) is 11.3 Å². The third kappa shape index (κ3) is 3.04. The van der Waals surface area contributed by atoms with Gasteiger partial charge in [-0.25, -0.2) is 13.2 Å². The molecule has 2 unspecified atom stereocenters. The normalized spacial score (nSPS) is 26.2. The molecule has 1 saturated carbocycles. The van der Waals surface area contributed by atoms with Crippen molar-refractivity contribution in [1.82, 2.24) is 0 Å². The first kappa shape index (κ1) is 14.2. The molecule has 106 valence electrons. The molecule has 0 heterocycles. The summed E-state index contributed by atoms with van der Waals surface area (Å²) in [6.07, 6.45) is 2.99. The first-order chi connectivity index (χ1) is 8.80. The Morgan fingerprint density at radius 1 is 1.16 bits per heavy atom. The van der Waals surface area contributed by atoms with Crippen molar-refractivity contribution >= 4 is 5.69 Å². The van der Waals surface area contributed by atoms with Crippen LogP contribution >= 0.6 is 0 Å². The molecule has 0 amide bonds. The minimum Gasteiger partial charge on any atom is -0.380 e. The molecule has 0 saturated heterocycles. The summed E-state index contributed by atoms with van der Waals surface area (Å²) in [5, 5.41) is 3.02. The average Bonchev–Trinajstić information content (AvgIpc) is 2.32. The zero-order valence-corrected chi connectivity index (χ0v) is 11.6. The molecule has 2 rings (SSSR count). The molecule has 2 atom stereocenters. The van der Waals surface area contributed by atoms with Crippen molar-refractivity contribution in [2.45, 2.75) is 46.1 Å². The lowest BCUT2D eigenvalue weighted by Gasteiger charge is -2.40. The Hall–Kier alpha value is -1.19. The van der Waals surface area contributed by atoms with Crippen LogP contribution in [0.15, 0.2) is 12.1 Å². The highest BCUT2D eigenvalue weighted by Gasteiger charge is 2.32. The molecule has 0 radical (unpaired) electrons. The summed E-state index contributed by atoms with van der Waals surface area (Å²) in [6, 6.07) is 2.32. The Labute approximate surface area is 112 Å². The van der Waals surface area contributed by atoms with Crippen molar-refractivity contribution in [3.8, 4) is 0 Å². The van der Waals surface area contributed by atoms with E-state index in [9.17, 15) is 13.2 Å². The highest BCUT2D eigenvalue weighted by atomic mass is 19.2. The molecule has 19 heavy (non-hydrogen) atoms. The number of hydrogen-bond donors (Lipinski definition) is 1. The molecule has 1 aromatic carbocycles. The minimum atomic E-state index is -1.41. The smallest absolute Gasteiger partial charge is 0.196 e. The van der Waals surface area contributed by atoms with Crippen LogP contribution in [0.1, 0.15) is 40.0 Å². The lowest BCUT2D eigenvalue weighted by molar-refractivity contribution is 0.177. The van der Waals surface area contributed by atoms with Gasteiger partial charge in [-0.3, -0.25) is 0 Å². The molecule has 1 N–H and O–H groups in total. The van der Waals surface area contributed by atoms with E-state index in [0.717, 1.165) is 25.3 Å². The first-order valence-corrected chi connectivity index (χ1v) is 6.70. The fourth-order valence-corrected chi connectivity index (χ4v) is 3.00. The van der Waals surface area contributed by atoms with Crippen LogP contribution in [0, 0.1) is 28.8 Å². The molecule has 1 aromatic rings. The number of anilines is 1. The Morgan fingerprint density at radius 3 is 2.47 bits per heavy atom. The second-order valence-corrected chi connectivity index (χ2v) is 6.36. The van der Waals surface area contributed by atoms with Gasteiger partial charge in [0, 0.05) is 6.04 Å². The van der Waals surface area contributed by atoms with Gasteiger partial charge >= 0.3 is 0 Å². The second kappa shape index (κ2) is 5.06. The van der Waals surface area contributed by atoms with Gasteiger partial charge < -0.3 is 5.32 Å². The van der Waals surface area contributed by atoms with Gasteiger partial charge in [0.15, 0.2) is 17.5 Å². The largest absolute Gasteiger partial charge is 0.380 e. The van der Waals surface area contributed by atoms with Crippen LogP contribution in [0.3, 0.4) is 0 Å². The summed E-state index contributed by atoms with van der Waals surface area (Å²) in [6.45, 7) is 6.55. The van der Waals surface area contributed by atoms with E-state index in [-0.39, 0.29) is 11.7 Å². The predicted molar refractivity (Wildman–Crippen MR) is 70.5 cm³/mol. The SMILES string of the molecule is CC1CC(C)(C)CCC1Nc1ccc(F)c(F)c1F. The Morgan fingerprint density at radius 2 is 1.84 bits per heavy atom. The van der Waals surface area contributed by atoms with Gasteiger partial charge in [0.2, 0.25) is 0 Å². The third-order valence-corrected chi connectivity index (χ3v) is 4.07. The first-order valence-electron chi connectivity index (χ1n) is 6.70. The summed E-state index contributed by atoms with van der Waals surface area (Å²) in [4.78, 5) is 0. The molecular formula is C15H20F3N. The number of benzene rings is 1. The maximum Gasteiger partial charge on any atom is 0.196 e. The maximum atomic E-state index is 13.6. The zero-order valence-electron chi connectivity index (χ0n) is 11.6. The Bertz CT molecular complexity index is 471. The topological polar surface area (TPSA) is 12.0 Å². The lowest BCUT2D eigenvalue weighted by Crippen LogP contribution is -2.37. The highest BCUT2D eigenvalue weighted by molar-refractivity contribution is 5.46. The van der Waals surface area contributed by atoms with E-state index < -0.39 is 17.5 Å². The van der Waals surface area contributed by atoms with Gasteiger partial charge in [-0.15, -0.1) is 0 Å². The molecule has 0 bridgehead atoms. The van der Waals surface area contributed by atoms with Crippen LogP contribution in [0.4, 0.5) is 18.9 Å². The van der Waals surface area contributed by atoms with E-state index in [1.807, 2.05) is 0 Å². The van der Waals surface area contributed by atoms with E-state index in [1.165, 1.54) is 6.07 Å². The predicted octanol–water partition coefficient (Wildman–Crippen LogP) is 4.73. The van der Waals surface area contributed by atoms with Gasteiger partial charge in [0.05, 0.1) is 5.69 Å². The van der Waals surface area contributed by atoms with E-state index >= 15 is 0 Å². The molecule has 1 aliphatic carbocycles. The van der Waals surface area contributed by atoms with Crippen molar-refractivity contribution in [3.63, 3.8) is 0 Å². The molecule has 0 aliphatic heterocycles. The summed E-state index contributed by atoms with van der Waals surface area (Å²) in [5.74, 6) is -3.32. The van der Waals surface area contributed by atoms with Gasteiger partial charge in [0.25, 0.3) is 0 Å². The molecule has 1 aliphatic rings. The van der Waals surface area contributed by atoms with Crippen molar-refractivity contribution < 1.29 is 13.2 Å². The summed E-state index contributed by atoms with van der Waals surface area (Å²) >= 11 is 0. The van der Waals surface area contributed by atoms with Crippen molar-refractivity contribution in [1.29, 1.82) is 0 Å². The molecule has 0 aromatic heterocycles. The fourth-order valence-electron chi connectivity index (χ4n) is 3.00. The van der Waals surface area contributed by atoms with E-state index in [1.54, 1.807) is 0 Å². The average molecular weight is 271 g/mol. The van der Waals surface area contributed by atoms with E-state index in [4.69, 9.17) is 0 Å². The summed E-state index contributed by atoms with van der Waals surface area (Å²) in [7, 11) is 0. The van der Waals surface area contributed by atoms with Crippen LogP contribution in [0.25, 0.3) is 0 Å². The Balaban J connectivity index is 2.12. The van der Waals surface area contributed by atoms with Gasteiger partial charge in [-0.2, -0.15) is 0 Å². The monoisotopic (exact) mass is 271 g/mol. The molecule has 1 nitrogen and oxygen atoms in total. The molecule has 4 heteroatoms. The molecular weight excluding hydrogens is 251 g/mol. The van der Waals surface area contributed by atoms with E-state index in [2.05, 4.69) is 26.1 Å². The van der Waals surface area contributed by atoms with Crippen molar-refractivity contribution in [2.24, 2.45) is 11.3 Å². The van der Waals surface area contributed by atoms with Crippen LogP contribution in [-0.2, 0) is 0 Å². The highest BCUT2D eigenvalue weighted by Crippen LogP contribution is 2.39. The summed E-state index contributed by atoms with van der Waals surface area (Å²) in [5.41, 5.74) is 0.347. The van der Waals surface area contributed by atoms with Gasteiger partial charge in [0.1, 0.15) is 0 Å². The number of hydrogen-bond acceptors (Lipinski definition) is 1. The van der Waals surface area contributed by atoms with Crippen molar-refractivity contribution in [3.05, 3.63) is 29.6 Å². The van der Waals surface area contributed by atoms with Gasteiger partial charge in [-0.05, 0) is 42.7 Å². The Kier molecular flexibility index (Phi) is 3.79. The third-order valence-electron chi connectivity index (χ3n) is 4.07. The van der Waals surface area contributed by atoms with Crippen LogP contribution in [-0.4, -0.2) is 6.04 Å². The van der Waals surface area contributed by atoms with Crippen molar-refractivity contribution in [2.75, 3.05) is 5.32 Å². The lowest BCUT2D eigenvalue weighted by atomic mass is 9.70. The zero-order chi connectivity index (χ0) is 14.2. The summed E-state index contributed by atoms with van der Waals surface area (Å²) < 4.78 is 39.7. The number of halogens is 3. The number of nitrogens with one attached hydrogen (secondary N) is 1. The van der Waals surface area contributed by atoms with Gasteiger partial charge in [-0.1, -0.05) is 20.8 Å². The second-order valence-electron chi connectivity index (χ2n) is 6.36. The fraction of sp³-hybridized carbons (Fsp3) is 0.600. The standard InChI is InChI=1S/C15H20F3N/c1-9-8-15(2,3)7-6-11(9)19-12-5-4-10(16)13(17)14(12)18/h4-5,9,11,19H,6-8H2,1-3H3.